The van der Waals surface area contributed by atoms with Crippen molar-refractivity contribution in [2.24, 2.45) is 5.10 Å². The number of rotatable bonds is 4. The maximum absolute atomic E-state index is 12.2. The maximum atomic E-state index is 12.2. The van der Waals surface area contributed by atoms with Gasteiger partial charge in [-0.3, -0.25) is 14.9 Å². The summed E-state index contributed by atoms with van der Waals surface area (Å²) in [6.45, 7) is 0. The van der Waals surface area contributed by atoms with E-state index < -0.39 is 10.8 Å². The third-order valence-corrected chi connectivity index (χ3v) is 4.33. The van der Waals surface area contributed by atoms with Gasteiger partial charge in [0.25, 0.3) is 11.6 Å². The van der Waals surface area contributed by atoms with Crippen molar-refractivity contribution < 1.29 is 14.8 Å². The van der Waals surface area contributed by atoms with Gasteiger partial charge in [-0.2, -0.15) is 5.10 Å². The van der Waals surface area contributed by atoms with E-state index >= 15 is 0 Å². The molecule has 3 rings (SSSR count). The molecule has 26 heavy (non-hydrogen) atoms. The molecule has 0 aliphatic carbocycles. The second kappa shape index (κ2) is 7.32. The number of nitrogens with one attached hydrogen (secondary N) is 1. The van der Waals surface area contributed by atoms with Gasteiger partial charge in [-0.15, -0.1) is 0 Å². The first kappa shape index (κ1) is 17.6. The molecule has 2 N–H and O–H groups in total. The number of carbonyl (C=O) groups is 1. The number of benzene rings is 3. The van der Waals surface area contributed by atoms with Crippen LogP contribution in [0.2, 0.25) is 0 Å². The Bertz CT molecular complexity index is 1050. The average Bonchev–Trinajstić information content (AvgIpc) is 2.62. The van der Waals surface area contributed by atoms with Crippen LogP contribution in [0, 0.1) is 10.1 Å². The first-order chi connectivity index (χ1) is 12.5. The average molecular weight is 414 g/mol. The van der Waals surface area contributed by atoms with E-state index in [4.69, 9.17) is 0 Å². The third-order valence-electron chi connectivity index (χ3n) is 3.66. The molecule has 0 unspecified atom stereocenters. The van der Waals surface area contributed by atoms with Crippen molar-refractivity contribution in [1.82, 2.24) is 5.43 Å². The molecule has 0 aliphatic heterocycles. The van der Waals surface area contributed by atoms with Crippen molar-refractivity contribution in [2.75, 3.05) is 0 Å². The zero-order valence-corrected chi connectivity index (χ0v) is 14.8. The Labute approximate surface area is 156 Å². The van der Waals surface area contributed by atoms with Crippen LogP contribution >= 0.6 is 15.9 Å². The lowest BCUT2D eigenvalue weighted by molar-refractivity contribution is -0.385. The molecule has 0 radical (unpaired) electrons. The Balaban J connectivity index is 1.79. The second-order valence-electron chi connectivity index (χ2n) is 5.38. The topological polar surface area (TPSA) is 105 Å². The number of hydrogen-bond acceptors (Lipinski definition) is 5. The summed E-state index contributed by atoms with van der Waals surface area (Å²) in [4.78, 5) is 22.6. The summed E-state index contributed by atoms with van der Waals surface area (Å²) in [5.74, 6) is -0.744. The van der Waals surface area contributed by atoms with Gasteiger partial charge in [0.1, 0.15) is 5.75 Å². The fourth-order valence-electron chi connectivity index (χ4n) is 2.39. The highest BCUT2D eigenvalue weighted by Gasteiger charge is 2.13. The molecule has 0 aliphatic rings. The summed E-state index contributed by atoms with van der Waals surface area (Å²) >= 11 is 3.10. The van der Waals surface area contributed by atoms with Gasteiger partial charge in [0.05, 0.1) is 21.2 Å². The molecular formula is C18H12BrN3O4. The monoisotopic (exact) mass is 413 g/mol. The minimum absolute atomic E-state index is 0.0858. The van der Waals surface area contributed by atoms with Crippen molar-refractivity contribution in [2.45, 2.75) is 0 Å². The molecule has 0 saturated heterocycles. The van der Waals surface area contributed by atoms with Crippen LogP contribution in [-0.2, 0) is 0 Å². The number of nitro benzene ring substituents is 1. The van der Waals surface area contributed by atoms with Crippen LogP contribution < -0.4 is 5.43 Å². The van der Waals surface area contributed by atoms with Gasteiger partial charge in [0.15, 0.2) is 0 Å². The molecule has 0 bridgehead atoms. The quantitative estimate of drug-likeness (QED) is 0.383. The first-order valence-electron chi connectivity index (χ1n) is 7.45. The molecule has 0 aromatic heterocycles. The fraction of sp³-hybridized carbons (Fsp3) is 0. The van der Waals surface area contributed by atoms with Gasteiger partial charge < -0.3 is 5.11 Å². The van der Waals surface area contributed by atoms with E-state index in [1.165, 1.54) is 24.4 Å². The minimum atomic E-state index is -0.587. The highest BCUT2D eigenvalue weighted by Crippen LogP contribution is 2.26. The molecule has 0 atom stereocenters. The Hall–Kier alpha value is -3.26. The summed E-state index contributed by atoms with van der Waals surface area (Å²) in [6, 6.07) is 14.9. The Morgan fingerprint density at radius 2 is 1.85 bits per heavy atom. The Morgan fingerprint density at radius 3 is 2.54 bits per heavy atom. The van der Waals surface area contributed by atoms with Crippen molar-refractivity contribution in [3.05, 3.63) is 80.3 Å². The second-order valence-corrected chi connectivity index (χ2v) is 6.24. The standard InChI is InChI=1S/C18H12BrN3O4/c19-15-6-5-11(7-16(15)22(25)26)10-20-21-18(24)14-8-12-3-1-2-4-13(12)9-17(14)23/h1-10,23H,(H,21,24). The van der Waals surface area contributed by atoms with E-state index in [0.29, 0.717) is 10.0 Å². The van der Waals surface area contributed by atoms with Gasteiger partial charge in [-0.1, -0.05) is 30.3 Å². The summed E-state index contributed by atoms with van der Waals surface area (Å²) < 4.78 is 0.352. The van der Waals surface area contributed by atoms with E-state index in [-0.39, 0.29) is 17.0 Å². The predicted molar refractivity (Wildman–Crippen MR) is 101 cm³/mol. The van der Waals surface area contributed by atoms with Crippen LogP contribution in [-0.4, -0.2) is 22.2 Å². The molecule has 0 fully saturated rings. The smallest absolute Gasteiger partial charge is 0.284 e. The highest BCUT2D eigenvalue weighted by molar-refractivity contribution is 9.10. The van der Waals surface area contributed by atoms with Crippen molar-refractivity contribution in [3.8, 4) is 5.75 Å². The SMILES string of the molecule is O=C(NN=Cc1ccc(Br)c([N+](=O)[O-])c1)c1cc2ccccc2cc1O. The lowest BCUT2D eigenvalue weighted by atomic mass is 10.1. The number of nitrogens with zero attached hydrogens (tertiary/aromatic N) is 2. The van der Waals surface area contributed by atoms with E-state index in [1.807, 2.05) is 24.3 Å². The minimum Gasteiger partial charge on any atom is -0.507 e. The molecule has 0 saturated carbocycles. The lowest BCUT2D eigenvalue weighted by Gasteiger charge is -2.05. The number of amides is 1. The number of hydrazone groups is 1. The van der Waals surface area contributed by atoms with Gasteiger partial charge in [-0.25, -0.2) is 5.43 Å². The number of halogens is 1. The summed E-state index contributed by atoms with van der Waals surface area (Å²) in [5, 5.41) is 26.4. The van der Waals surface area contributed by atoms with Crippen LogP contribution in [0.15, 0.2) is 64.2 Å². The van der Waals surface area contributed by atoms with Gasteiger partial charge in [0.2, 0.25) is 0 Å². The highest BCUT2D eigenvalue weighted by atomic mass is 79.9. The van der Waals surface area contributed by atoms with E-state index in [9.17, 15) is 20.0 Å². The normalized spacial score (nSPS) is 11.0. The van der Waals surface area contributed by atoms with Gasteiger partial charge >= 0.3 is 0 Å². The first-order valence-corrected chi connectivity index (χ1v) is 8.24. The van der Waals surface area contributed by atoms with Crippen LogP contribution in [0.1, 0.15) is 15.9 Å². The van der Waals surface area contributed by atoms with Crippen LogP contribution in [0.25, 0.3) is 10.8 Å². The summed E-state index contributed by atoms with van der Waals surface area (Å²) in [7, 11) is 0. The molecule has 0 heterocycles. The number of phenolic OH excluding ortho intramolecular Hbond substituents is 1. The van der Waals surface area contributed by atoms with E-state index in [2.05, 4.69) is 26.5 Å². The van der Waals surface area contributed by atoms with Gasteiger partial charge in [-0.05, 0) is 44.9 Å². The molecular weight excluding hydrogens is 402 g/mol. The zero-order valence-electron chi connectivity index (χ0n) is 13.2. The molecule has 130 valence electrons. The van der Waals surface area contributed by atoms with Gasteiger partial charge in [0, 0.05) is 11.6 Å². The molecule has 0 spiro atoms. The summed E-state index contributed by atoms with van der Waals surface area (Å²) in [6.07, 6.45) is 1.29. The van der Waals surface area contributed by atoms with Crippen LogP contribution in [0.5, 0.6) is 5.75 Å². The largest absolute Gasteiger partial charge is 0.507 e. The number of fused-ring (bicyclic) bond motifs is 1. The van der Waals surface area contributed by atoms with Crippen LogP contribution in [0.3, 0.4) is 0 Å². The molecule has 1 amide bonds. The third kappa shape index (κ3) is 3.70. The molecule has 3 aromatic rings. The van der Waals surface area contributed by atoms with E-state index in [1.54, 1.807) is 12.1 Å². The van der Waals surface area contributed by atoms with E-state index in [0.717, 1.165) is 10.8 Å². The number of phenols is 1. The predicted octanol–water partition coefficient (Wildman–Crippen LogP) is 3.98. The van der Waals surface area contributed by atoms with Crippen LogP contribution in [0.4, 0.5) is 5.69 Å². The van der Waals surface area contributed by atoms with Crippen molar-refractivity contribution in [3.63, 3.8) is 0 Å². The summed E-state index contributed by atoms with van der Waals surface area (Å²) in [5.41, 5.74) is 2.73. The molecule has 3 aromatic carbocycles. The Morgan fingerprint density at radius 1 is 1.15 bits per heavy atom. The lowest BCUT2D eigenvalue weighted by Crippen LogP contribution is -2.17. The Kier molecular flexibility index (Phi) is 4.94. The number of carbonyl (C=O) groups excluding carboxylic acids is 1. The maximum Gasteiger partial charge on any atom is 0.284 e. The van der Waals surface area contributed by atoms with Crippen molar-refractivity contribution in [1.29, 1.82) is 0 Å². The zero-order chi connectivity index (χ0) is 18.7. The number of aromatic hydroxyl groups is 1. The van der Waals surface area contributed by atoms with Crippen molar-refractivity contribution >= 4 is 44.5 Å². The number of hydrogen-bond donors (Lipinski definition) is 2. The number of nitro groups is 1. The molecule has 7 nitrogen and oxygen atoms in total. The fourth-order valence-corrected chi connectivity index (χ4v) is 2.78. The molecule has 8 heteroatoms.